The lowest BCUT2D eigenvalue weighted by Crippen LogP contribution is -2.29. The number of alkyl halides is 3. The fraction of sp³-hybridized carbons (Fsp3) is 0.304. The summed E-state index contributed by atoms with van der Waals surface area (Å²) in [5, 5.41) is 2.78. The highest BCUT2D eigenvalue weighted by Crippen LogP contribution is 2.29. The van der Waals surface area contributed by atoms with Crippen LogP contribution in [0.1, 0.15) is 49.8 Å². The van der Waals surface area contributed by atoms with Crippen molar-refractivity contribution in [2.24, 2.45) is 0 Å². The van der Waals surface area contributed by atoms with Gasteiger partial charge in [0.25, 0.3) is 5.91 Å². The number of anilines is 1. The Morgan fingerprint density at radius 2 is 1.70 bits per heavy atom. The number of rotatable bonds is 7. The predicted octanol–water partition coefficient (Wildman–Crippen LogP) is 5.80. The Labute approximate surface area is 173 Å². The summed E-state index contributed by atoms with van der Waals surface area (Å²) in [5.74, 6) is -0.985. The average Bonchev–Trinajstić information content (AvgIpc) is 2.71. The van der Waals surface area contributed by atoms with Gasteiger partial charge in [-0.1, -0.05) is 44.2 Å². The lowest BCUT2D eigenvalue weighted by atomic mass is 9.97. The van der Waals surface area contributed by atoms with Crippen molar-refractivity contribution in [3.63, 3.8) is 0 Å². The summed E-state index contributed by atoms with van der Waals surface area (Å²) < 4.78 is 42.8. The summed E-state index contributed by atoms with van der Waals surface area (Å²) in [4.78, 5) is 24.4. The van der Waals surface area contributed by atoms with Crippen LogP contribution in [-0.4, -0.2) is 18.0 Å². The van der Waals surface area contributed by atoms with E-state index in [-0.39, 0.29) is 5.92 Å². The summed E-state index contributed by atoms with van der Waals surface area (Å²) in [6.07, 6.45) is -2.16. The van der Waals surface area contributed by atoms with Crippen molar-refractivity contribution in [2.45, 2.75) is 45.4 Å². The smallest absolute Gasteiger partial charge is 0.416 e. The highest BCUT2D eigenvalue weighted by Gasteiger charge is 2.29. The standard InChI is InChI=1S/C23H24F3NO3/c1-4-15(2)19-7-5-6-8-20(19)27-22(29)16(3)30-21(28)14-11-17-9-12-18(13-10-17)23(24,25)26/h5-16H,4H2,1-3H3,(H,27,29)/b14-11+/t15-,16+/m0/s1. The number of carbonyl (C=O) groups excluding carboxylic acids is 2. The van der Waals surface area contributed by atoms with Crippen LogP contribution in [0.3, 0.4) is 0 Å². The molecule has 0 aliphatic carbocycles. The molecular formula is C23H24F3NO3. The Balaban J connectivity index is 1.96. The van der Waals surface area contributed by atoms with E-state index in [1.54, 1.807) is 6.07 Å². The molecule has 7 heteroatoms. The van der Waals surface area contributed by atoms with Gasteiger partial charge in [-0.05, 0) is 54.7 Å². The van der Waals surface area contributed by atoms with E-state index < -0.39 is 29.7 Å². The second-order valence-electron chi connectivity index (χ2n) is 6.92. The molecule has 0 radical (unpaired) electrons. The van der Waals surface area contributed by atoms with Crippen molar-refractivity contribution in [3.8, 4) is 0 Å². The maximum atomic E-state index is 12.6. The first-order valence-electron chi connectivity index (χ1n) is 9.57. The van der Waals surface area contributed by atoms with Crippen LogP contribution in [-0.2, 0) is 20.5 Å². The largest absolute Gasteiger partial charge is 0.449 e. The van der Waals surface area contributed by atoms with Gasteiger partial charge in [-0.2, -0.15) is 13.2 Å². The number of carbonyl (C=O) groups is 2. The van der Waals surface area contributed by atoms with Crippen LogP contribution in [0, 0.1) is 0 Å². The quantitative estimate of drug-likeness (QED) is 0.456. The molecule has 2 rings (SSSR count). The topological polar surface area (TPSA) is 55.4 Å². The normalized spacial score (nSPS) is 13.7. The number of benzene rings is 2. The van der Waals surface area contributed by atoms with Gasteiger partial charge in [0, 0.05) is 11.8 Å². The summed E-state index contributed by atoms with van der Waals surface area (Å²) in [6, 6.07) is 11.8. The van der Waals surface area contributed by atoms with Gasteiger partial charge in [-0.3, -0.25) is 4.79 Å². The van der Waals surface area contributed by atoms with E-state index in [1.807, 2.05) is 18.2 Å². The van der Waals surface area contributed by atoms with E-state index >= 15 is 0 Å². The van der Waals surface area contributed by atoms with Gasteiger partial charge < -0.3 is 10.1 Å². The van der Waals surface area contributed by atoms with Crippen LogP contribution in [0.15, 0.2) is 54.6 Å². The third-order valence-electron chi connectivity index (χ3n) is 4.67. The number of esters is 1. The predicted molar refractivity (Wildman–Crippen MR) is 110 cm³/mol. The van der Waals surface area contributed by atoms with E-state index in [0.29, 0.717) is 11.3 Å². The van der Waals surface area contributed by atoms with Crippen molar-refractivity contribution in [1.82, 2.24) is 0 Å². The number of hydrogen-bond acceptors (Lipinski definition) is 3. The minimum absolute atomic E-state index is 0.256. The highest BCUT2D eigenvalue weighted by atomic mass is 19.4. The lowest BCUT2D eigenvalue weighted by molar-refractivity contribution is -0.148. The molecule has 30 heavy (non-hydrogen) atoms. The number of amides is 1. The van der Waals surface area contributed by atoms with Gasteiger partial charge in [0.1, 0.15) is 0 Å². The Hall–Kier alpha value is -3.09. The molecule has 0 unspecified atom stereocenters. The van der Waals surface area contributed by atoms with Crippen molar-refractivity contribution in [3.05, 3.63) is 71.3 Å². The van der Waals surface area contributed by atoms with Crippen LogP contribution < -0.4 is 5.32 Å². The monoisotopic (exact) mass is 419 g/mol. The molecule has 2 aromatic rings. The van der Waals surface area contributed by atoms with Gasteiger partial charge in [-0.25, -0.2) is 4.79 Å². The molecular weight excluding hydrogens is 395 g/mol. The Bertz CT molecular complexity index is 905. The zero-order valence-electron chi connectivity index (χ0n) is 17.0. The van der Waals surface area contributed by atoms with E-state index in [0.717, 1.165) is 30.2 Å². The maximum Gasteiger partial charge on any atom is 0.416 e. The average molecular weight is 419 g/mol. The number of ether oxygens (including phenoxy) is 1. The number of para-hydroxylation sites is 1. The molecule has 0 spiro atoms. The second-order valence-corrected chi connectivity index (χ2v) is 6.92. The molecule has 2 aromatic carbocycles. The van der Waals surface area contributed by atoms with Crippen LogP contribution in [0.25, 0.3) is 6.08 Å². The van der Waals surface area contributed by atoms with Crippen molar-refractivity contribution in [1.29, 1.82) is 0 Å². The van der Waals surface area contributed by atoms with E-state index in [2.05, 4.69) is 19.2 Å². The van der Waals surface area contributed by atoms with Gasteiger partial charge in [0.05, 0.1) is 5.56 Å². The minimum atomic E-state index is -4.42. The first kappa shape index (κ1) is 23.2. The molecule has 0 aromatic heterocycles. The number of nitrogens with one attached hydrogen (secondary N) is 1. The zero-order valence-corrected chi connectivity index (χ0v) is 17.0. The first-order valence-corrected chi connectivity index (χ1v) is 9.57. The summed E-state index contributed by atoms with van der Waals surface area (Å²) in [6.45, 7) is 5.56. The molecule has 1 N–H and O–H groups in total. The van der Waals surface area contributed by atoms with Gasteiger partial charge in [0.15, 0.2) is 6.10 Å². The molecule has 0 heterocycles. The minimum Gasteiger partial charge on any atom is -0.449 e. The van der Waals surface area contributed by atoms with E-state index in [9.17, 15) is 22.8 Å². The Morgan fingerprint density at radius 3 is 2.30 bits per heavy atom. The fourth-order valence-corrected chi connectivity index (χ4v) is 2.71. The Morgan fingerprint density at radius 1 is 1.07 bits per heavy atom. The number of halogens is 3. The van der Waals surface area contributed by atoms with Crippen molar-refractivity contribution in [2.75, 3.05) is 5.32 Å². The first-order chi connectivity index (χ1) is 14.1. The van der Waals surface area contributed by atoms with Crippen molar-refractivity contribution >= 4 is 23.6 Å². The number of hydrogen-bond donors (Lipinski definition) is 1. The van der Waals surface area contributed by atoms with E-state index in [4.69, 9.17) is 4.74 Å². The third-order valence-corrected chi connectivity index (χ3v) is 4.67. The third kappa shape index (κ3) is 6.47. The summed E-state index contributed by atoms with van der Waals surface area (Å²) in [5.41, 5.74) is 1.29. The highest BCUT2D eigenvalue weighted by molar-refractivity contribution is 5.97. The molecule has 0 fully saturated rings. The van der Waals surface area contributed by atoms with Crippen LogP contribution in [0.5, 0.6) is 0 Å². The SMILES string of the molecule is CC[C@H](C)c1ccccc1NC(=O)[C@@H](C)OC(=O)/C=C/c1ccc(C(F)(F)F)cc1. The molecule has 160 valence electrons. The van der Waals surface area contributed by atoms with Gasteiger partial charge in [-0.15, -0.1) is 0 Å². The lowest BCUT2D eigenvalue weighted by Gasteiger charge is -2.17. The molecule has 0 bridgehead atoms. The Kier molecular flexibility index (Phi) is 7.80. The zero-order chi connectivity index (χ0) is 22.3. The van der Waals surface area contributed by atoms with Gasteiger partial charge in [0.2, 0.25) is 0 Å². The molecule has 4 nitrogen and oxygen atoms in total. The van der Waals surface area contributed by atoms with Gasteiger partial charge >= 0.3 is 12.1 Å². The van der Waals surface area contributed by atoms with E-state index in [1.165, 1.54) is 25.1 Å². The van der Waals surface area contributed by atoms with Crippen LogP contribution in [0.4, 0.5) is 18.9 Å². The molecule has 0 saturated carbocycles. The van der Waals surface area contributed by atoms with Crippen molar-refractivity contribution < 1.29 is 27.5 Å². The fourth-order valence-electron chi connectivity index (χ4n) is 2.71. The van der Waals surface area contributed by atoms with Crippen LogP contribution in [0.2, 0.25) is 0 Å². The van der Waals surface area contributed by atoms with Crippen LogP contribution >= 0.6 is 0 Å². The molecule has 0 aliphatic heterocycles. The summed E-state index contributed by atoms with van der Waals surface area (Å²) in [7, 11) is 0. The molecule has 0 aliphatic rings. The summed E-state index contributed by atoms with van der Waals surface area (Å²) >= 11 is 0. The molecule has 2 atom stereocenters. The molecule has 1 amide bonds. The molecule has 0 saturated heterocycles. The maximum absolute atomic E-state index is 12.6. The second kappa shape index (κ2) is 10.1.